The van der Waals surface area contributed by atoms with Crippen LogP contribution >= 0.6 is 15.9 Å². The number of methoxy groups -OCH3 is 1. The number of nitrogens with one attached hydrogen (secondary N) is 1. The summed E-state index contributed by atoms with van der Waals surface area (Å²) >= 11 is 3.27. The second-order valence-electron chi connectivity index (χ2n) is 4.01. The molecule has 0 aliphatic heterocycles. The number of carbonyl (C=O) groups is 2. The fourth-order valence-electron chi connectivity index (χ4n) is 1.53. The maximum Gasteiger partial charge on any atom is 0.326 e. The van der Waals surface area contributed by atoms with Crippen molar-refractivity contribution in [3.8, 4) is 0 Å². The maximum atomic E-state index is 11.9. The summed E-state index contributed by atoms with van der Waals surface area (Å²) in [5.41, 5.74) is 0.432. The molecule has 1 rings (SSSR count). The highest BCUT2D eigenvalue weighted by atomic mass is 79.9. The van der Waals surface area contributed by atoms with Crippen molar-refractivity contribution < 1.29 is 19.4 Å². The van der Waals surface area contributed by atoms with Crippen molar-refractivity contribution in [1.82, 2.24) is 5.32 Å². The van der Waals surface area contributed by atoms with Gasteiger partial charge in [-0.25, -0.2) is 4.79 Å². The first-order valence-corrected chi connectivity index (χ1v) is 6.62. The lowest BCUT2D eigenvalue weighted by Gasteiger charge is -2.14. The van der Waals surface area contributed by atoms with Gasteiger partial charge < -0.3 is 15.2 Å². The SMILES string of the molecule is COCCCC(NC(=O)c1ccc(Br)cc1)C(=O)O. The number of ether oxygens (including phenoxy) is 1. The summed E-state index contributed by atoms with van der Waals surface area (Å²) in [6.07, 6.45) is 0.916. The molecule has 0 saturated carbocycles. The lowest BCUT2D eigenvalue weighted by atomic mass is 10.1. The summed E-state index contributed by atoms with van der Waals surface area (Å²) in [5, 5.41) is 11.6. The molecular formula is C13H16BrNO4. The van der Waals surface area contributed by atoms with Crippen molar-refractivity contribution in [2.24, 2.45) is 0 Å². The van der Waals surface area contributed by atoms with E-state index < -0.39 is 17.9 Å². The van der Waals surface area contributed by atoms with Gasteiger partial charge in [-0.15, -0.1) is 0 Å². The Labute approximate surface area is 120 Å². The van der Waals surface area contributed by atoms with Crippen LogP contribution in [0.25, 0.3) is 0 Å². The van der Waals surface area contributed by atoms with Crippen molar-refractivity contribution in [3.63, 3.8) is 0 Å². The Kier molecular flexibility index (Phi) is 6.52. The molecule has 0 aliphatic carbocycles. The summed E-state index contributed by atoms with van der Waals surface area (Å²) in [4.78, 5) is 22.9. The molecule has 5 nitrogen and oxygen atoms in total. The van der Waals surface area contributed by atoms with Gasteiger partial charge in [-0.1, -0.05) is 15.9 Å². The van der Waals surface area contributed by atoms with Crippen LogP contribution in [0.4, 0.5) is 0 Å². The van der Waals surface area contributed by atoms with Crippen LogP contribution in [0.2, 0.25) is 0 Å². The van der Waals surface area contributed by atoms with Crippen LogP contribution < -0.4 is 5.32 Å². The molecule has 1 aromatic carbocycles. The number of hydrogen-bond acceptors (Lipinski definition) is 3. The van der Waals surface area contributed by atoms with Gasteiger partial charge in [-0.05, 0) is 37.1 Å². The molecule has 2 N–H and O–H groups in total. The highest BCUT2D eigenvalue weighted by Gasteiger charge is 2.20. The average Bonchev–Trinajstić information content (AvgIpc) is 2.38. The molecule has 104 valence electrons. The minimum absolute atomic E-state index is 0.339. The van der Waals surface area contributed by atoms with Gasteiger partial charge in [0.25, 0.3) is 5.91 Å². The smallest absolute Gasteiger partial charge is 0.326 e. The highest BCUT2D eigenvalue weighted by molar-refractivity contribution is 9.10. The number of benzene rings is 1. The van der Waals surface area contributed by atoms with Gasteiger partial charge in [-0.2, -0.15) is 0 Å². The first-order chi connectivity index (χ1) is 9.04. The zero-order valence-corrected chi connectivity index (χ0v) is 12.1. The summed E-state index contributed by atoms with van der Waals surface area (Å²) in [5.74, 6) is -1.43. The molecule has 0 radical (unpaired) electrons. The number of hydrogen-bond donors (Lipinski definition) is 2. The van der Waals surface area contributed by atoms with Gasteiger partial charge in [0.2, 0.25) is 0 Å². The lowest BCUT2D eigenvalue weighted by Crippen LogP contribution is -2.40. The summed E-state index contributed by atoms with van der Waals surface area (Å²) in [6.45, 7) is 0.470. The Morgan fingerprint density at radius 2 is 2.00 bits per heavy atom. The largest absolute Gasteiger partial charge is 0.480 e. The van der Waals surface area contributed by atoms with Crippen molar-refractivity contribution in [2.75, 3.05) is 13.7 Å². The number of carbonyl (C=O) groups excluding carboxylic acids is 1. The van der Waals surface area contributed by atoms with Gasteiger partial charge in [-0.3, -0.25) is 4.79 Å². The maximum absolute atomic E-state index is 11.9. The van der Waals surface area contributed by atoms with Crippen molar-refractivity contribution in [3.05, 3.63) is 34.3 Å². The van der Waals surface area contributed by atoms with E-state index in [2.05, 4.69) is 21.2 Å². The van der Waals surface area contributed by atoms with E-state index in [-0.39, 0.29) is 0 Å². The predicted molar refractivity (Wildman–Crippen MR) is 74.1 cm³/mol. The molecule has 0 saturated heterocycles. The van der Waals surface area contributed by atoms with Gasteiger partial charge in [0.15, 0.2) is 0 Å². The van der Waals surface area contributed by atoms with Crippen LogP contribution in [-0.4, -0.2) is 36.7 Å². The summed E-state index contributed by atoms with van der Waals surface area (Å²) in [6, 6.07) is 5.83. The third kappa shape index (κ3) is 5.40. The third-order valence-corrected chi connectivity index (χ3v) is 3.08. The van der Waals surface area contributed by atoms with Crippen LogP contribution in [0, 0.1) is 0 Å². The summed E-state index contributed by atoms with van der Waals surface area (Å²) < 4.78 is 5.72. The second-order valence-corrected chi connectivity index (χ2v) is 4.92. The second kappa shape index (κ2) is 7.91. The topological polar surface area (TPSA) is 75.6 Å². The molecule has 0 spiro atoms. The third-order valence-electron chi connectivity index (χ3n) is 2.55. The van der Waals surface area contributed by atoms with E-state index in [9.17, 15) is 9.59 Å². The molecule has 0 bridgehead atoms. The minimum atomic E-state index is -1.04. The molecule has 1 unspecified atom stereocenters. The van der Waals surface area contributed by atoms with Gasteiger partial charge in [0.05, 0.1) is 0 Å². The first kappa shape index (κ1) is 15.7. The van der Waals surface area contributed by atoms with Crippen LogP contribution in [0.1, 0.15) is 23.2 Å². The Hall–Kier alpha value is -1.40. The highest BCUT2D eigenvalue weighted by Crippen LogP contribution is 2.11. The van der Waals surface area contributed by atoms with Gasteiger partial charge in [0, 0.05) is 23.8 Å². The molecule has 0 heterocycles. The Balaban J connectivity index is 2.60. The standard InChI is InChI=1S/C13H16BrNO4/c1-19-8-2-3-11(13(17)18)15-12(16)9-4-6-10(14)7-5-9/h4-7,11H,2-3,8H2,1H3,(H,15,16)(H,17,18). The molecule has 1 atom stereocenters. The molecule has 1 amide bonds. The fraction of sp³-hybridized carbons (Fsp3) is 0.385. The van der Waals surface area contributed by atoms with Crippen molar-refractivity contribution in [2.45, 2.75) is 18.9 Å². The van der Waals surface area contributed by atoms with E-state index in [1.807, 2.05) is 0 Å². The number of rotatable bonds is 7. The van der Waals surface area contributed by atoms with E-state index in [1.165, 1.54) is 0 Å². The molecule has 0 fully saturated rings. The van der Waals surface area contributed by atoms with Crippen LogP contribution in [-0.2, 0) is 9.53 Å². The molecule has 1 aromatic rings. The monoisotopic (exact) mass is 329 g/mol. The molecule has 0 aromatic heterocycles. The van der Waals surface area contributed by atoms with Gasteiger partial charge >= 0.3 is 5.97 Å². The molecule has 6 heteroatoms. The van der Waals surface area contributed by atoms with Gasteiger partial charge in [0.1, 0.15) is 6.04 Å². The predicted octanol–water partition coefficient (Wildman–Crippen LogP) is 2.06. The average molecular weight is 330 g/mol. The number of amides is 1. The molecule has 0 aliphatic rings. The zero-order chi connectivity index (χ0) is 14.3. The molecule has 19 heavy (non-hydrogen) atoms. The summed E-state index contributed by atoms with van der Waals surface area (Å²) in [7, 11) is 1.55. The number of carboxylic acid groups (broad SMARTS) is 1. The van der Waals surface area contributed by atoms with E-state index in [0.29, 0.717) is 25.0 Å². The molecular weight excluding hydrogens is 314 g/mol. The van der Waals surface area contributed by atoms with Crippen LogP contribution in [0.3, 0.4) is 0 Å². The quantitative estimate of drug-likeness (QED) is 0.751. The Morgan fingerprint density at radius 3 is 2.53 bits per heavy atom. The Bertz CT molecular complexity index is 433. The number of carboxylic acids is 1. The van der Waals surface area contributed by atoms with Crippen molar-refractivity contribution in [1.29, 1.82) is 0 Å². The van der Waals surface area contributed by atoms with E-state index in [1.54, 1.807) is 31.4 Å². The first-order valence-electron chi connectivity index (χ1n) is 5.82. The lowest BCUT2D eigenvalue weighted by molar-refractivity contribution is -0.139. The van der Waals surface area contributed by atoms with Crippen LogP contribution in [0.15, 0.2) is 28.7 Å². The van der Waals surface area contributed by atoms with E-state index >= 15 is 0 Å². The zero-order valence-electron chi connectivity index (χ0n) is 10.6. The number of halogens is 1. The Morgan fingerprint density at radius 1 is 1.37 bits per heavy atom. The van der Waals surface area contributed by atoms with E-state index in [0.717, 1.165) is 4.47 Å². The number of aliphatic carboxylic acids is 1. The minimum Gasteiger partial charge on any atom is -0.480 e. The normalized spacial score (nSPS) is 11.9. The van der Waals surface area contributed by atoms with E-state index in [4.69, 9.17) is 9.84 Å². The van der Waals surface area contributed by atoms with Crippen LogP contribution in [0.5, 0.6) is 0 Å². The fourth-order valence-corrected chi connectivity index (χ4v) is 1.80. The van der Waals surface area contributed by atoms with Crippen molar-refractivity contribution >= 4 is 27.8 Å².